The third kappa shape index (κ3) is 6.36. The van der Waals surface area contributed by atoms with Crippen molar-refractivity contribution in [2.45, 2.75) is 51.8 Å². The molecule has 1 fully saturated rings. The van der Waals surface area contributed by atoms with Gasteiger partial charge in [-0.25, -0.2) is 0 Å². The van der Waals surface area contributed by atoms with Gasteiger partial charge in [0.1, 0.15) is 0 Å². The van der Waals surface area contributed by atoms with E-state index in [1.807, 2.05) is 0 Å². The molecule has 0 aliphatic carbocycles. The summed E-state index contributed by atoms with van der Waals surface area (Å²) in [6.07, 6.45) is 2.45. The molecule has 0 radical (unpaired) electrons. The number of hydrogen-bond acceptors (Lipinski definition) is 4. The standard InChI is InChI=1S/C13H28N2O2/c1-11(2)14-13(10-16)5-7-15-6-4-8-17-12(3)9-15/h11-14,16H,4-10H2,1-3H3. The minimum absolute atomic E-state index is 0.217. The molecule has 0 amide bonds. The zero-order chi connectivity index (χ0) is 12.7. The highest BCUT2D eigenvalue weighted by atomic mass is 16.5. The Bertz CT molecular complexity index is 200. The van der Waals surface area contributed by atoms with E-state index >= 15 is 0 Å². The second-order valence-electron chi connectivity index (χ2n) is 5.33. The van der Waals surface area contributed by atoms with Gasteiger partial charge in [-0.3, -0.25) is 0 Å². The summed E-state index contributed by atoms with van der Waals surface area (Å²) >= 11 is 0. The largest absolute Gasteiger partial charge is 0.395 e. The molecule has 4 nitrogen and oxygen atoms in total. The number of rotatable bonds is 6. The van der Waals surface area contributed by atoms with Crippen LogP contribution in [0.15, 0.2) is 0 Å². The monoisotopic (exact) mass is 244 g/mol. The van der Waals surface area contributed by atoms with Gasteiger partial charge in [0, 0.05) is 31.8 Å². The van der Waals surface area contributed by atoms with Gasteiger partial charge in [-0.05, 0) is 26.3 Å². The molecular weight excluding hydrogens is 216 g/mol. The van der Waals surface area contributed by atoms with Gasteiger partial charge in [0.05, 0.1) is 12.7 Å². The van der Waals surface area contributed by atoms with Crippen molar-refractivity contribution < 1.29 is 9.84 Å². The van der Waals surface area contributed by atoms with E-state index in [2.05, 4.69) is 31.0 Å². The molecule has 1 saturated heterocycles. The molecule has 1 rings (SSSR count). The highest BCUT2D eigenvalue weighted by molar-refractivity contribution is 4.73. The van der Waals surface area contributed by atoms with Gasteiger partial charge in [-0.2, -0.15) is 0 Å². The van der Waals surface area contributed by atoms with Crippen molar-refractivity contribution in [2.75, 3.05) is 32.8 Å². The van der Waals surface area contributed by atoms with Crippen molar-refractivity contribution in [2.24, 2.45) is 0 Å². The third-order valence-electron chi connectivity index (χ3n) is 3.12. The fraction of sp³-hybridized carbons (Fsp3) is 1.00. The van der Waals surface area contributed by atoms with Crippen LogP contribution in [0.4, 0.5) is 0 Å². The summed E-state index contributed by atoms with van der Waals surface area (Å²) in [5.41, 5.74) is 0. The summed E-state index contributed by atoms with van der Waals surface area (Å²) in [5, 5.41) is 12.7. The number of aliphatic hydroxyl groups is 1. The van der Waals surface area contributed by atoms with Crippen LogP contribution in [0.3, 0.4) is 0 Å². The maximum atomic E-state index is 9.31. The van der Waals surface area contributed by atoms with Crippen molar-refractivity contribution in [3.63, 3.8) is 0 Å². The number of hydrogen-bond donors (Lipinski definition) is 2. The minimum atomic E-state index is 0.217. The Labute approximate surface area is 105 Å². The lowest BCUT2D eigenvalue weighted by atomic mass is 10.2. The van der Waals surface area contributed by atoms with Crippen molar-refractivity contribution in [3.05, 3.63) is 0 Å². The van der Waals surface area contributed by atoms with Crippen LogP contribution in [0.5, 0.6) is 0 Å². The fourth-order valence-corrected chi connectivity index (χ4v) is 2.32. The van der Waals surface area contributed by atoms with Crippen molar-refractivity contribution in [1.29, 1.82) is 0 Å². The molecule has 0 bridgehead atoms. The highest BCUT2D eigenvalue weighted by Crippen LogP contribution is 2.07. The number of aliphatic hydroxyl groups excluding tert-OH is 1. The van der Waals surface area contributed by atoms with E-state index in [-0.39, 0.29) is 12.6 Å². The summed E-state index contributed by atoms with van der Waals surface area (Å²) in [5.74, 6) is 0. The Morgan fingerprint density at radius 1 is 1.47 bits per heavy atom. The van der Waals surface area contributed by atoms with Crippen LogP contribution in [0, 0.1) is 0 Å². The molecule has 0 spiro atoms. The van der Waals surface area contributed by atoms with Gasteiger partial charge in [0.25, 0.3) is 0 Å². The van der Waals surface area contributed by atoms with Crippen LogP contribution in [0.1, 0.15) is 33.6 Å². The van der Waals surface area contributed by atoms with Crippen LogP contribution in [0.2, 0.25) is 0 Å². The van der Waals surface area contributed by atoms with E-state index in [0.717, 1.165) is 39.1 Å². The van der Waals surface area contributed by atoms with E-state index in [0.29, 0.717) is 12.1 Å². The average Bonchev–Trinajstić information content (AvgIpc) is 2.48. The lowest BCUT2D eigenvalue weighted by Crippen LogP contribution is -2.41. The first kappa shape index (κ1) is 14.9. The first-order valence-electron chi connectivity index (χ1n) is 6.82. The van der Waals surface area contributed by atoms with Crippen LogP contribution < -0.4 is 5.32 Å². The molecule has 1 aliphatic heterocycles. The van der Waals surface area contributed by atoms with E-state index in [1.165, 1.54) is 0 Å². The molecular formula is C13H28N2O2. The molecule has 2 atom stereocenters. The predicted molar refractivity (Wildman–Crippen MR) is 70.2 cm³/mol. The van der Waals surface area contributed by atoms with Gasteiger partial charge in [0.15, 0.2) is 0 Å². The van der Waals surface area contributed by atoms with Crippen molar-refractivity contribution in [3.8, 4) is 0 Å². The second kappa shape index (κ2) is 8.03. The quantitative estimate of drug-likeness (QED) is 0.727. The molecule has 2 N–H and O–H groups in total. The van der Waals surface area contributed by atoms with E-state index in [4.69, 9.17) is 4.74 Å². The molecule has 102 valence electrons. The van der Waals surface area contributed by atoms with Crippen LogP contribution in [-0.2, 0) is 4.74 Å². The van der Waals surface area contributed by atoms with Crippen LogP contribution >= 0.6 is 0 Å². The topological polar surface area (TPSA) is 44.7 Å². The minimum Gasteiger partial charge on any atom is -0.395 e. The van der Waals surface area contributed by atoms with Gasteiger partial charge in [0.2, 0.25) is 0 Å². The second-order valence-corrected chi connectivity index (χ2v) is 5.33. The van der Waals surface area contributed by atoms with Gasteiger partial charge >= 0.3 is 0 Å². The maximum Gasteiger partial charge on any atom is 0.0673 e. The average molecular weight is 244 g/mol. The summed E-state index contributed by atoms with van der Waals surface area (Å²) in [6.45, 7) is 10.6. The van der Waals surface area contributed by atoms with Crippen molar-refractivity contribution in [1.82, 2.24) is 10.2 Å². The Morgan fingerprint density at radius 2 is 2.24 bits per heavy atom. The zero-order valence-electron chi connectivity index (χ0n) is 11.5. The number of ether oxygens (including phenoxy) is 1. The number of nitrogens with zero attached hydrogens (tertiary/aromatic N) is 1. The Hall–Kier alpha value is -0.160. The smallest absolute Gasteiger partial charge is 0.0673 e. The van der Waals surface area contributed by atoms with Gasteiger partial charge in [-0.1, -0.05) is 13.8 Å². The Balaban J connectivity index is 2.26. The zero-order valence-corrected chi connectivity index (χ0v) is 11.5. The van der Waals surface area contributed by atoms with E-state index in [9.17, 15) is 5.11 Å². The van der Waals surface area contributed by atoms with Gasteiger partial charge in [-0.15, -0.1) is 0 Å². The third-order valence-corrected chi connectivity index (χ3v) is 3.12. The van der Waals surface area contributed by atoms with E-state index in [1.54, 1.807) is 0 Å². The Morgan fingerprint density at radius 3 is 2.88 bits per heavy atom. The molecule has 4 heteroatoms. The molecule has 1 heterocycles. The lowest BCUT2D eigenvalue weighted by Gasteiger charge is -2.25. The fourth-order valence-electron chi connectivity index (χ4n) is 2.32. The number of nitrogens with one attached hydrogen (secondary N) is 1. The summed E-state index contributed by atoms with van der Waals surface area (Å²) in [4.78, 5) is 2.45. The molecule has 0 aromatic rings. The Kier molecular flexibility index (Phi) is 7.04. The first-order valence-corrected chi connectivity index (χ1v) is 6.82. The molecule has 0 saturated carbocycles. The maximum absolute atomic E-state index is 9.31. The van der Waals surface area contributed by atoms with Crippen molar-refractivity contribution >= 4 is 0 Å². The summed E-state index contributed by atoms with van der Waals surface area (Å²) in [6, 6.07) is 0.646. The van der Waals surface area contributed by atoms with Crippen LogP contribution in [-0.4, -0.2) is 61.0 Å². The molecule has 2 unspecified atom stereocenters. The lowest BCUT2D eigenvalue weighted by molar-refractivity contribution is 0.0667. The molecule has 0 aromatic carbocycles. The first-order chi connectivity index (χ1) is 8.11. The SMILES string of the molecule is CC(C)NC(CO)CCN1CCCOC(C)C1. The molecule has 17 heavy (non-hydrogen) atoms. The summed E-state index contributed by atoms with van der Waals surface area (Å²) < 4.78 is 5.62. The highest BCUT2D eigenvalue weighted by Gasteiger charge is 2.16. The normalized spacial score (nSPS) is 24.9. The molecule has 1 aliphatic rings. The van der Waals surface area contributed by atoms with Crippen LogP contribution in [0.25, 0.3) is 0 Å². The van der Waals surface area contributed by atoms with E-state index < -0.39 is 0 Å². The summed E-state index contributed by atoms with van der Waals surface area (Å²) in [7, 11) is 0. The molecule has 0 aromatic heterocycles. The van der Waals surface area contributed by atoms with Gasteiger partial charge < -0.3 is 20.1 Å². The predicted octanol–water partition coefficient (Wildman–Crippen LogP) is 0.846.